The Morgan fingerprint density at radius 1 is 1.23 bits per heavy atom. The van der Waals surface area contributed by atoms with Crippen molar-refractivity contribution in [2.45, 2.75) is 32.0 Å². The zero-order chi connectivity index (χ0) is 28.1. The normalized spacial score (nSPS) is 19.6. The van der Waals surface area contributed by atoms with E-state index >= 15 is 0 Å². The smallest absolute Gasteiger partial charge is 0.332 e. The van der Waals surface area contributed by atoms with E-state index in [1.54, 1.807) is 24.7 Å². The van der Waals surface area contributed by atoms with E-state index in [4.69, 9.17) is 4.74 Å². The first-order chi connectivity index (χ1) is 19.2. The molecule has 4 atom stereocenters. The van der Waals surface area contributed by atoms with Gasteiger partial charge < -0.3 is 24.6 Å². The summed E-state index contributed by atoms with van der Waals surface area (Å²) in [5.74, 6) is 2.25. The number of amides is 1. The van der Waals surface area contributed by atoms with Gasteiger partial charge in [0, 0.05) is 50.6 Å². The van der Waals surface area contributed by atoms with Gasteiger partial charge in [-0.05, 0) is 25.2 Å². The van der Waals surface area contributed by atoms with E-state index in [-0.39, 0.29) is 24.3 Å². The second kappa shape index (κ2) is 10.2. The molecule has 2 N–H and O–H groups in total. The maximum atomic E-state index is 13.3. The van der Waals surface area contributed by atoms with Crippen molar-refractivity contribution < 1.29 is 14.6 Å². The van der Waals surface area contributed by atoms with Gasteiger partial charge in [-0.1, -0.05) is 0 Å². The number of piperidine rings is 1. The summed E-state index contributed by atoms with van der Waals surface area (Å²) in [6.07, 6.45) is 5.09. The number of methoxy groups -OCH3 is 1. The third-order valence-electron chi connectivity index (χ3n) is 7.51. The summed E-state index contributed by atoms with van der Waals surface area (Å²) in [5.41, 5.74) is -0.322. The summed E-state index contributed by atoms with van der Waals surface area (Å²) in [5, 5.41) is 15.3. The van der Waals surface area contributed by atoms with Crippen LogP contribution >= 0.6 is 11.3 Å². The fraction of sp³-hybridized carbons (Fsp3) is 0.480. The van der Waals surface area contributed by atoms with E-state index < -0.39 is 29.3 Å². The highest BCUT2D eigenvalue weighted by Crippen LogP contribution is 2.45. The van der Waals surface area contributed by atoms with Crippen LogP contribution in [0.4, 0.5) is 11.8 Å². The van der Waals surface area contributed by atoms with Gasteiger partial charge in [-0.2, -0.15) is 0 Å². The Hall–Kier alpha value is -3.95. The van der Waals surface area contributed by atoms with Gasteiger partial charge >= 0.3 is 5.69 Å². The van der Waals surface area contributed by atoms with Crippen LogP contribution in [0.1, 0.15) is 19.4 Å². The summed E-state index contributed by atoms with van der Waals surface area (Å²) in [4.78, 5) is 59.2. The Bertz CT molecular complexity index is 1680. The van der Waals surface area contributed by atoms with Crippen molar-refractivity contribution in [3.63, 3.8) is 0 Å². The predicted octanol–water partition coefficient (Wildman–Crippen LogP) is 0.473. The summed E-state index contributed by atoms with van der Waals surface area (Å²) in [7, 11) is 2.89. The van der Waals surface area contributed by atoms with E-state index in [0.717, 1.165) is 41.0 Å². The average molecular weight is 568 g/mol. The fourth-order valence-corrected chi connectivity index (χ4v) is 5.90. The molecule has 40 heavy (non-hydrogen) atoms. The second-order valence-electron chi connectivity index (χ2n) is 10.3. The van der Waals surface area contributed by atoms with Crippen molar-refractivity contribution in [3.8, 4) is 10.6 Å². The molecule has 1 saturated carbocycles. The Labute approximate surface area is 231 Å². The number of carbonyl (C=O) groups is 1. The molecule has 1 aliphatic heterocycles. The lowest BCUT2D eigenvalue weighted by Crippen LogP contribution is -2.43. The van der Waals surface area contributed by atoms with Gasteiger partial charge in [-0.25, -0.2) is 24.7 Å². The van der Waals surface area contributed by atoms with Crippen molar-refractivity contribution in [1.82, 2.24) is 33.6 Å². The van der Waals surface area contributed by atoms with Crippen molar-refractivity contribution in [3.05, 3.63) is 44.9 Å². The quantitative estimate of drug-likeness (QED) is 0.291. The van der Waals surface area contributed by atoms with E-state index in [1.807, 2.05) is 0 Å². The van der Waals surface area contributed by atoms with Gasteiger partial charge in [0.2, 0.25) is 11.9 Å². The molecule has 2 fully saturated rings. The van der Waals surface area contributed by atoms with Crippen molar-refractivity contribution in [1.29, 1.82) is 0 Å². The molecule has 4 unspecified atom stereocenters. The molecule has 0 spiro atoms. The number of thiazole rings is 1. The lowest BCUT2D eigenvalue weighted by atomic mass is 10.3. The van der Waals surface area contributed by atoms with Crippen LogP contribution in [-0.4, -0.2) is 77.6 Å². The average Bonchev–Trinajstić information content (AvgIpc) is 3.33. The molecule has 0 radical (unpaired) electrons. The first kappa shape index (κ1) is 26.3. The minimum absolute atomic E-state index is 0.0448. The largest absolute Gasteiger partial charge is 0.389 e. The minimum atomic E-state index is -1.06. The van der Waals surface area contributed by atoms with Gasteiger partial charge in [0.25, 0.3) is 5.56 Å². The van der Waals surface area contributed by atoms with Crippen LogP contribution in [0, 0.1) is 11.8 Å². The number of aryl methyl sites for hydroxylation is 1. The van der Waals surface area contributed by atoms with E-state index in [0.29, 0.717) is 10.8 Å². The molecule has 6 rings (SSSR count). The van der Waals surface area contributed by atoms with Crippen molar-refractivity contribution >= 4 is 40.2 Å². The predicted molar refractivity (Wildman–Crippen MR) is 147 cm³/mol. The Kier molecular flexibility index (Phi) is 6.72. The number of hydrogen-bond acceptors (Lipinski definition) is 11. The maximum Gasteiger partial charge on any atom is 0.332 e. The third-order valence-corrected chi connectivity index (χ3v) is 8.40. The summed E-state index contributed by atoms with van der Waals surface area (Å²) in [6, 6.07) is -0.855. The molecule has 0 bridgehead atoms. The van der Waals surface area contributed by atoms with Gasteiger partial charge in [-0.3, -0.25) is 18.7 Å². The SMILES string of the molecule is COCC(O)Cn1c(=O)c2c(ncn2C(C)C(=O)Nc2csc(-c3cnc(N4CC5CC5C4)nc3)n2)n(C)c1=O. The Balaban J connectivity index is 1.19. The van der Waals surface area contributed by atoms with Crippen molar-refractivity contribution in [2.24, 2.45) is 18.9 Å². The molecule has 2 aliphatic rings. The maximum absolute atomic E-state index is 13.3. The number of aromatic nitrogens is 7. The molecule has 5 heterocycles. The Morgan fingerprint density at radius 3 is 2.65 bits per heavy atom. The molecule has 210 valence electrons. The van der Waals surface area contributed by atoms with Crippen LogP contribution in [-0.2, 0) is 23.1 Å². The molecule has 1 amide bonds. The second-order valence-corrected chi connectivity index (χ2v) is 11.2. The number of ether oxygens (including phenoxy) is 1. The molecule has 14 nitrogen and oxygen atoms in total. The van der Waals surface area contributed by atoms with Gasteiger partial charge in [0.1, 0.15) is 16.9 Å². The number of nitrogens with one attached hydrogen (secondary N) is 1. The molecule has 1 saturated heterocycles. The van der Waals surface area contributed by atoms with Crippen LogP contribution < -0.4 is 21.5 Å². The molecule has 1 aliphatic carbocycles. The molecule has 15 heteroatoms. The molecular formula is C25H29N9O5S. The number of nitrogens with zero attached hydrogens (tertiary/aromatic N) is 8. The number of carbonyl (C=O) groups excluding carboxylic acids is 1. The van der Waals surface area contributed by atoms with E-state index in [9.17, 15) is 19.5 Å². The van der Waals surface area contributed by atoms with Crippen LogP contribution in [0.3, 0.4) is 0 Å². The highest BCUT2D eigenvalue weighted by molar-refractivity contribution is 7.13. The zero-order valence-corrected chi connectivity index (χ0v) is 23.0. The lowest BCUT2D eigenvalue weighted by Gasteiger charge is -2.17. The first-order valence-electron chi connectivity index (χ1n) is 12.9. The molecule has 0 aromatic carbocycles. The monoisotopic (exact) mass is 567 g/mol. The summed E-state index contributed by atoms with van der Waals surface area (Å²) >= 11 is 1.36. The first-order valence-corrected chi connectivity index (χ1v) is 13.8. The summed E-state index contributed by atoms with van der Waals surface area (Å²) < 4.78 is 8.45. The number of aliphatic hydroxyl groups excluding tert-OH is 1. The molecular weight excluding hydrogens is 538 g/mol. The van der Waals surface area contributed by atoms with E-state index in [2.05, 4.69) is 30.2 Å². The molecule has 4 aromatic rings. The van der Waals surface area contributed by atoms with Gasteiger partial charge in [0.15, 0.2) is 11.2 Å². The number of aliphatic hydroxyl groups is 1. The minimum Gasteiger partial charge on any atom is -0.389 e. The van der Waals surface area contributed by atoms with Crippen LogP contribution in [0.25, 0.3) is 21.7 Å². The Morgan fingerprint density at radius 2 is 1.95 bits per heavy atom. The number of fused-ring (bicyclic) bond motifs is 2. The number of hydrogen-bond donors (Lipinski definition) is 2. The zero-order valence-electron chi connectivity index (χ0n) is 22.2. The third kappa shape index (κ3) is 4.69. The van der Waals surface area contributed by atoms with Crippen LogP contribution in [0.5, 0.6) is 0 Å². The van der Waals surface area contributed by atoms with E-state index in [1.165, 1.54) is 47.4 Å². The van der Waals surface area contributed by atoms with Crippen LogP contribution in [0.15, 0.2) is 33.7 Å². The number of imidazole rings is 1. The highest BCUT2D eigenvalue weighted by atomic mass is 32.1. The van der Waals surface area contributed by atoms with Gasteiger partial charge in [0.05, 0.1) is 25.6 Å². The topological polar surface area (TPSA) is 162 Å². The summed E-state index contributed by atoms with van der Waals surface area (Å²) in [6.45, 7) is 3.35. The standard InChI is InChI=1S/C25H29N9O5S/c1-13(34-12-28-20-19(34)23(37)33(25(38)31(20)2)9-17(35)10-39-3)21(36)29-18-11-40-22(30-18)16-5-26-24(27-6-16)32-7-14-4-15(14)8-32/h5-6,11-15,17,35H,4,7-10H2,1-3H3,(H,29,36). The van der Waals surface area contributed by atoms with Gasteiger partial charge in [-0.15, -0.1) is 11.3 Å². The van der Waals surface area contributed by atoms with Crippen molar-refractivity contribution in [2.75, 3.05) is 37.0 Å². The number of anilines is 2. The number of rotatable bonds is 9. The van der Waals surface area contributed by atoms with Crippen LogP contribution in [0.2, 0.25) is 0 Å². The lowest BCUT2D eigenvalue weighted by molar-refractivity contribution is -0.118. The molecule has 4 aromatic heterocycles. The highest BCUT2D eigenvalue weighted by Gasteiger charge is 2.45. The fourth-order valence-electron chi connectivity index (χ4n) is 5.18.